The van der Waals surface area contributed by atoms with Crippen LogP contribution in [0, 0.1) is 11.8 Å². The van der Waals surface area contributed by atoms with Crippen molar-refractivity contribution in [2.45, 2.75) is 38.6 Å². The Morgan fingerprint density at radius 2 is 2.20 bits per heavy atom. The molecule has 1 aliphatic carbocycles. The fraction of sp³-hybridized carbons (Fsp3) is 0.818. The number of carbonyl (C=O) groups is 2. The van der Waals surface area contributed by atoms with E-state index in [0.717, 1.165) is 19.3 Å². The number of amides is 1. The second-order valence-electron chi connectivity index (χ2n) is 4.56. The summed E-state index contributed by atoms with van der Waals surface area (Å²) in [5, 5.41) is 9.09. The Labute approximate surface area is 89.3 Å². The number of carboxylic acid groups (broad SMARTS) is 1. The summed E-state index contributed by atoms with van der Waals surface area (Å²) in [5.41, 5.74) is 0. The van der Waals surface area contributed by atoms with Crippen LogP contribution in [-0.4, -0.2) is 34.5 Å². The van der Waals surface area contributed by atoms with Crippen molar-refractivity contribution >= 4 is 11.9 Å². The van der Waals surface area contributed by atoms with Gasteiger partial charge in [-0.05, 0) is 25.2 Å². The number of carbonyl (C=O) groups excluding carboxylic acids is 1. The largest absolute Gasteiger partial charge is 0.481 e. The predicted molar refractivity (Wildman–Crippen MR) is 54.3 cm³/mol. The van der Waals surface area contributed by atoms with Gasteiger partial charge in [-0.3, -0.25) is 9.59 Å². The van der Waals surface area contributed by atoms with Crippen LogP contribution in [0.15, 0.2) is 0 Å². The minimum absolute atomic E-state index is 0.0186. The van der Waals surface area contributed by atoms with Crippen LogP contribution in [-0.2, 0) is 9.59 Å². The third kappa shape index (κ3) is 1.85. The number of hydrogen-bond donors (Lipinski definition) is 1. The van der Waals surface area contributed by atoms with E-state index in [1.807, 2.05) is 6.92 Å². The monoisotopic (exact) mass is 211 g/mol. The zero-order valence-electron chi connectivity index (χ0n) is 8.98. The van der Waals surface area contributed by atoms with E-state index in [2.05, 4.69) is 0 Å². The average molecular weight is 211 g/mol. The molecule has 1 saturated heterocycles. The van der Waals surface area contributed by atoms with Gasteiger partial charge in [0.05, 0.1) is 5.92 Å². The summed E-state index contributed by atoms with van der Waals surface area (Å²) < 4.78 is 0. The minimum atomic E-state index is -0.807. The summed E-state index contributed by atoms with van der Waals surface area (Å²) in [5.74, 6) is -0.791. The molecule has 0 aromatic heterocycles. The third-order valence-corrected chi connectivity index (χ3v) is 3.37. The van der Waals surface area contributed by atoms with Crippen molar-refractivity contribution in [2.75, 3.05) is 6.54 Å². The second kappa shape index (κ2) is 3.83. The number of hydrogen-bond acceptors (Lipinski definition) is 2. The molecule has 2 fully saturated rings. The standard InChI is InChI=1S/C11H17NO3/c1-2-5-12-9(13)6-8(11(14)15)10(12)7-3-4-7/h7-8,10H,2-6H2,1H3,(H,14,15)/t8-,10+/m0/s1. The third-order valence-electron chi connectivity index (χ3n) is 3.37. The van der Waals surface area contributed by atoms with Crippen molar-refractivity contribution < 1.29 is 14.7 Å². The molecule has 4 heteroatoms. The second-order valence-corrected chi connectivity index (χ2v) is 4.56. The molecule has 0 radical (unpaired) electrons. The van der Waals surface area contributed by atoms with Crippen LogP contribution in [0.4, 0.5) is 0 Å². The molecule has 84 valence electrons. The minimum Gasteiger partial charge on any atom is -0.481 e. The molecule has 1 amide bonds. The van der Waals surface area contributed by atoms with E-state index >= 15 is 0 Å². The first-order valence-electron chi connectivity index (χ1n) is 5.67. The number of nitrogens with zero attached hydrogens (tertiary/aromatic N) is 1. The first-order valence-corrected chi connectivity index (χ1v) is 5.67. The van der Waals surface area contributed by atoms with Crippen molar-refractivity contribution in [3.05, 3.63) is 0 Å². The van der Waals surface area contributed by atoms with Crippen molar-refractivity contribution in [1.82, 2.24) is 4.90 Å². The Bertz CT molecular complexity index is 286. The number of aliphatic carboxylic acids is 1. The highest BCUT2D eigenvalue weighted by molar-refractivity contribution is 5.87. The molecule has 15 heavy (non-hydrogen) atoms. The highest BCUT2D eigenvalue weighted by Gasteiger charge is 2.50. The molecule has 2 atom stereocenters. The summed E-state index contributed by atoms with van der Waals surface area (Å²) in [4.78, 5) is 24.5. The van der Waals surface area contributed by atoms with Crippen LogP contribution < -0.4 is 0 Å². The molecule has 4 nitrogen and oxygen atoms in total. The van der Waals surface area contributed by atoms with Crippen LogP contribution in [0.2, 0.25) is 0 Å². The molecule has 1 N–H and O–H groups in total. The molecule has 2 aliphatic rings. The van der Waals surface area contributed by atoms with E-state index < -0.39 is 11.9 Å². The summed E-state index contributed by atoms with van der Waals surface area (Å²) in [6.45, 7) is 2.73. The molecule has 0 bridgehead atoms. The van der Waals surface area contributed by atoms with Gasteiger partial charge in [0.15, 0.2) is 0 Å². The van der Waals surface area contributed by atoms with Gasteiger partial charge in [-0.15, -0.1) is 0 Å². The van der Waals surface area contributed by atoms with Gasteiger partial charge in [0, 0.05) is 19.0 Å². The predicted octanol–water partition coefficient (Wildman–Crippen LogP) is 1.11. The number of carboxylic acids is 1. The van der Waals surface area contributed by atoms with Gasteiger partial charge in [0.1, 0.15) is 0 Å². The van der Waals surface area contributed by atoms with Crippen LogP contribution >= 0.6 is 0 Å². The normalized spacial score (nSPS) is 31.0. The van der Waals surface area contributed by atoms with E-state index in [0.29, 0.717) is 12.5 Å². The smallest absolute Gasteiger partial charge is 0.309 e. The Balaban J connectivity index is 2.15. The van der Waals surface area contributed by atoms with E-state index in [1.54, 1.807) is 4.90 Å². The van der Waals surface area contributed by atoms with Gasteiger partial charge < -0.3 is 10.0 Å². The van der Waals surface area contributed by atoms with E-state index in [4.69, 9.17) is 5.11 Å². The lowest BCUT2D eigenvalue weighted by molar-refractivity contribution is -0.142. The van der Waals surface area contributed by atoms with Crippen molar-refractivity contribution in [2.24, 2.45) is 11.8 Å². The number of likely N-dealkylation sites (tertiary alicyclic amines) is 1. The number of rotatable bonds is 4. The molecule has 1 aliphatic heterocycles. The molecule has 2 rings (SSSR count). The maximum absolute atomic E-state index is 11.7. The Morgan fingerprint density at radius 1 is 1.53 bits per heavy atom. The van der Waals surface area contributed by atoms with Gasteiger partial charge in [-0.2, -0.15) is 0 Å². The lowest BCUT2D eigenvalue weighted by Gasteiger charge is -2.26. The quantitative estimate of drug-likeness (QED) is 0.757. The Morgan fingerprint density at radius 3 is 2.67 bits per heavy atom. The zero-order chi connectivity index (χ0) is 11.0. The maximum atomic E-state index is 11.7. The van der Waals surface area contributed by atoms with E-state index in [-0.39, 0.29) is 18.4 Å². The average Bonchev–Trinajstić information content (AvgIpc) is 2.94. The van der Waals surface area contributed by atoms with Crippen molar-refractivity contribution in [3.8, 4) is 0 Å². The van der Waals surface area contributed by atoms with Crippen LogP contribution in [0.25, 0.3) is 0 Å². The van der Waals surface area contributed by atoms with Gasteiger partial charge in [-0.1, -0.05) is 6.92 Å². The summed E-state index contributed by atoms with van der Waals surface area (Å²) in [6, 6.07) is -0.0186. The first-order chi connectivity index (χ1) is 7.15. The summed E-state index contributed by atoms with van der Waals surface area (Å²) in [7, 11) is 0. The molecule has 0 spiro atoms. The van der Waals surface area contributed by atoms with E-state index in [1.165, 1.54) is 0 Å². The SMILES string of the molecule is CCCN1C(=O)C[C@H](C(=O)O)[C@H]1C1CC1. The first kappa shape index (κ1) is 10.5. The lowest BCUT2D eigenvalue weighted by atomic mass is 9.96. The molecule has 0 aromatic carbocycles. The van der Waals surface area contributed by atoms with E-state index in [9.17, 15) is 9.59 Å². The molecular weight excluding hydrogens is 194 g/mol. The van der Waals surface area contributed by atoms with Crippen LogP contribution in [0.3, 0.4) is 0 Å². The van der Waals surface area contributed by atoms with Gasteiger partial charge >= 0.3 is 5.97 Å². The molecule has 1 saturated carbocycles. The Hall–Kier alpha value is -1.06. The molecule has 0 unspecified atom stereocenters. The van der Waals surface area contributed by atoms with Gasteiger partial charge in [0.25, 0.3) is 0 Å². The van der Waals surface area contributed by atoms with Gasteiger partial charge in [-0.25, -0.2) is 0 Å². The summed E-state index contributed by atoms with van der Waals surface area (Å²) >= 11 is 0. The van der Waals surface area contributed by atoms with Gasteiger partial charge in [0.2, 0.25) is 5.91 Å². The van der Waals surface area contributed by atoms with Crippen LogP contribution in [0.5, 0.6) is 0 Å². The Kier molecular flexibility index (Phi) is 2.67. The fourth-order valence-electron chi connectivity index (χ4n) is 2.58. The van der Waals surface area contributed by atoms with Crippen molar-refractivity contribution in [1.29, 1.82) is 0 Å². The maximum Gasteiger partial charge on any atom is 0.309 e. The van der Waals surface area contributed by atoms with Crippen LogP contribution in [0.1, 0.15) is 32.6 Å². The summed E-state index contributed by atoms with van der Waals surface area (Å²) in [6.07, 6.45) is 3.28. The molecule has 1 heterocycles. The molecule has 0 aromatic rings. The fourth-order valence-corrected chi connectivity index (χ4v) is 2.58. The molecular formula is C11H17NO3. The highest BCUT2D eigenvalue weighted by atomic mass is 16.4. The van der Waals surface area contributed by atoms with Crippen molar-refractivity contribution in [3.63, 3.8) is 0 Å². The lowest BCUT2D eigenvalue weighted by Crippen LogP contribution is -2.39. The highest BCUT2D eigenvalue weighted by Crippen LogP contribution is 2.43. The topological polar surface area (TPSA) is 57.6 Å². The zero-order valence-corrected chi connectivity index (χ0v) is 8.98.